The first-order valence-electron chi connectivity index (χ1n) is 9.57. The minimum atomic E-state index is -0.609. The summed E-state index contributed by atoms with van der Waals surface area (Å²) in [5.41, 5.74) is 0.609. The fourth-order valence-corrected chi connectivity index (χ4v) is 3.99. The maximum absolute atomic E-state index is 12.9. The lowest BCUT2D eigenvalue weighted by Crippen LogP contribution is -2.42. The summed E-state index contributed by atoms with van der Waals surface area (Å²) in [6.07, 6.45) is 6.47. The summed E-state index contributed by atoms with van der Waals surface area (Å²) in [5.74, 6) is 1.29. The molecule has 2 amide bonds. The Kier molecular flexibility index (Phi) is 6.11. The van der Waals surface area contributed by atoms with Gasteiger partial charge in [-0.1, -0.05) is 19.3 Å². The van der Waals surface area contributed by atoms with Crippen LogP contribution in [-0.4, -0.2) is 44.3 Å². The zero-order valence-corrected chi connectivity index (χ0v) is 16.8. The van der Waals surface area contributed by atoms with Gasteiger partial charge < -0.3 is 18.9 Å². The van der Waals surface area contributed by atoms with Crippen molar-refractivity contribution in [2.75, 3.05) is 21.3 Å². The van der Waals surface area contributed by atoms with Crippen LogP contribution in [0.1, 0.15) is 44.6 Å². The largest absolute Gasteiger partial charge is 0.493 e. The highest BCUT2D eigenvalue weighted by Crippen LogP contribution is 2.39. The number of benzene rings is 1. The minimum Gasteiger partial charge on any atom is -0.493 e. The number of carbonyl (C=O) groups excluding carboxylic acids is 2. The molecule has 7 nitrogen and oxygen atoms in total. The second kappa shape index (κ2) is 8.54. The van der Waals surface area contributed by atoms with Crippen LogP contribution < -0.4 is 14.2 Å². The van der Waals surface area contributed by atoms with Crippen molar-refractivity contribution in [1.82, 2.24) is 4.90 Å². The van der Waals surface area contributed by atoms with Gasteiger partial charge in [-0.15, -0.1) is 0 Å². The molecule has 3 rings (SSSR count). The molecule has 1 aliphatic heterocycles. The number of cyclic esters (lactones) is 1. The van der Waals surface area contributed by atoms with Crippen LogP contribution in [0.2, 0.25) is 0 Å². The normalized spacial score (nSPS) is 20.3. The number of ether oxygens (including phenoxy) is 4. The average Bonchev–Trinajstić information content (AvgIpc) is 3.00. The van der Waals surface area contributed by atoms with E-state index in [1.165, 1.54) is 38.7 Å². The van der Waals surface area contributed by atoms with Crippen LogP contribution in [0.15, 0.2) is 17.9 Å². The van der Waals surface area contributed by atoms with Gasteiger partial charge in [0.15, 0.2) is 17.3 Å². The number of carbonyl (C=O) groups is 2. The SMILES string of the molecule is COc1cc(C=C2OC(=O)N(C(C)C3CCCCC3)C2=O)cc(OC)c1OC. The number of hydrogen-bond donors (Lipinski definition) is 0. The van der Waals surface area contributed by atoms with E-state index in [-0.39, 0.29) is 11.8 Å². The Morgan fingerprint density at radius 2 is 1.64 bits per heavy atom. The van der Waals surface area contributed by atoms with Crippen LogP contribution in [0.25, 0.3) is 6.08 Å². The zero-order valence-electron chi connectivity index (χ0n) is 16.8. The van der Waals surface area contributed by atoms with Crippen molar-refractivity contribution in [1.29, 1.82) is 0 Å². The van der Waals surface area contributed by atoms with Crippen LogP contribution in [-0.2, 0) is 9.53 Å². The van der Waals surface area contributed by atoms with Gasteiger partial charge in [-0.3, -0.25) is 4.79 Å². The highest BCUT2D eigenvalue weighted by molar-refractivity contribution is 6.10. The van der Waals surface area contributed by atoms with Gasteiger partial charge in [0.05, 0.1) is 21.3 Å². The second-order valence-corrected chi connectivity index (χ2v) is 7.15. The fourth-order valence-electron chi connectivity index (χ4n) is 3.99. The van der Waals surface area contributed by atoms with Gasteiger partial charge in [-0.25, -0.2) is 9.69 Å². The summed E-state index contributed by atoms with van der Waals surface area (Å²) in [6, 6.07) is 3.22. The molecule has 1 atom stereocenters. The molecule has 7 heteroatoms. The Balaban J connectivity index is 1.87. The second-order valence-electron chi connectivity index (χ2n) is 7.15. The number of imide groups is 1. The minimum absolute atomic E-state index is 0.00179. The highest BCUT2D eigenvalue weighted by atomic mass is 16.6. The van der Waals surface area contributed by atoms with Crippen molar-refractivity contribution >= 4 is 18.1 Å². The predicted octanol–water partition coefficient (Wildman–Crippen LogP) is 4.00. The van der Waals surface area contributed by atoms with Gasteiger partial charge in [0.1, 0.15) is 0 Å². The lowest BCUT2D eigenvalue weighted by molar-refractivity contribution is -0.125. The van der Waals surface area contributed by atoms with Gasteiger partial charge in [0.25, 0.3) is 5.91 Å². The average molecular weight is 389 g/mol. The molecular weight excluding hydrogens is 362 g/mol. The Morgan fingerprint density at radius 1 is 1.04 bits per heavy atom. The van der Waals surface area contributed by atoms with E-state index >= 15 is 0 Å². The maximum atomic E-state index is 12.9. The summed E-state index contributed by atoms with van der Waals surface area (Å²) in [4.78, 5) is 26.5. The molecule has 1 aromatic rings. The van der Waals surface area contributed by atoms with Crippen molar-refractivity contribution in [3.8, 4) is 17.2 Å². The highest BCUT2D eigenvalue weighted by Gasteiger charge is 2.42. The molecule has 1 unspecified atom stereocenters. The van der Waals surface area contributed by atoms with Crippen molar-refractivity contribution in [2.45, 2.75) is 45.1 Å². The summed E-state index contributed by atoms with van der Waals surface area (Å²) >= 11 is 0. The van der Waals surface area contributed by atoms with E-state index in [0.717, 1.165) is 25.7 Å². The standard InChI is InChI=1S/C21H27NO6/c1-13(15-8-6-5-7-9-15)22-20(23)18(28-21(22)24)12-14-10-16(25-2)19(27-4)17(11-14)26-3/h10-13,15H,5-9H2,1-4H3. The topological polar surface area (TPSA) is 74.3 Å². The van der Waals surface area contributed by atoms with Crippen molar-refractivity contribution < 1.29 is 28.5 Å². The number of rotatable bonds is 6. The molecule has 0 aromatic heterocycles. The van der Waals surface area contributed by atoms with Crippen LogP contribution in [0.5, 0.6) is 17.2 Å². The molecule has 2 fully saturated rings. The molecule has 0 N–H and O–H groups in total. The van der Waals surface area contributed by atoms with Gasteiger partial charge in [0, 0.05) is 6.04 Å². The van der Waals surface area contributed by atoms with Gasteiger partial charge >= 0.3 is 6.09 Å². The summed E-state index contributed by atoms with van der Waals surface area (Å²) in [7, 11) is 4.55. The van der Waals surface area contributed by atoms with E-state index < -0.39 is 12.0 Å². The summed E-state index contributed by atoms with van der Waals surface area (Å²) in [6.45, 7) is 1.93. The third-order valence-electron chi connectivity index (χ3n) is 5.55. The van der Waals surface area contributed by atoms with E-state index in [2.05, 4.69) is 0 Å². The quantitative estimate of drug-likeness (QED) is 0.685. The van der Waals surface area contributed by atoms with E-state index in [9.17, 15) is 9.59 Å². The van der Waals surface area contributed by atoms with Crippen molar-refractivity contribution in [3.05, 3.63) is 23.5 Å². The molecule has 0 radical (unpaired) electrons. The smallest absolute Gasteiger partial charge is 0.422 e. The lowest BCUT2D eigenvalue weighted by Gasteiger charge is -2.31. The first kappa shape index (κ1) is 20.0. The first-order chi connectivity index (χ1) is 13.5. The molecule has 1 aromatic carbocycles. The number of hydrogen-bond acceptors (Lipinski definition) is 6. The fraction of sp³-hybridized carbons (Fsp3) is 0.524. The molecule has 2 aliphatic rings. The van der Waals surface area contributed by atoms with E-state index in [1.54, 1.807) is 12.1 Å². The molecule has 1 saturated heterocycles. The van der Waals surface area contributed by atoms with Crippen molar-refractivity contribution in [3.63, 3.8) is 0 Å². The lowest BCUT2D eigenvalue weighted by atomic mass is 9.84. The van der Waals surface area contributed by atoms with Gasteiger partial charge in [-0.05, 0) is 49.5 Å². The summed E-state index contributed by atoms with van der Waals surface area (Å²) < 4.78 is 21.3. The van der Waals surface area contributed by atoms with Gasteiger partial charge in [-0.2, -0.15) is 0 Å². The van der Waals surface area contributed by atoms with E-state index in [0.29, 0.717) is 28.7 Å². The van der Waals surface area contributed by atoms with Crippen LogP contribution in [0, 0.1) is 5.92 Å². The maximum Gasteiger partial charge on any atom is 0.422 e. The van der Waals surface area contributed by atoms with Crippen LogP contribution >= 0.6 is 0 Å². The monoisotopic (exact) mass is 389 g/mol. The van der Waals surface area contributed by atoms with Gasteiger partial charge in [0.2, 0.25) is 5.75 Å². The van der Waals surface area contributed by atoms with E-state index in [4.69, 9.17) is 18.9 Å². The predicted molar refractivity (Wildman–Crippen MR) is 103 cm³/mol. The number of nitrogens with zero attached hydrogens (tertiary/aromatic N) is 1. The molecule has 152 valence electrons. The molecular formula is C21H27NO6. The molecule has 0 bridgehead atoms. The molecule has 1 heterocycles. The zero-order chi connectivity index (χ0) is 20.3. The first-order valence-corrected chi connectivity index (χ1v) is 9.57. The molecule has 28 heavy (non-hydrogen) atoms. The third kappa shape index (κ3) is 3.79. The number of methoxy groups -OCH3 is 3. The van der Waals surface area contributed by atoms with Crippen LogP contribution in [0.3, 0.4) is 0 Å². The Labute approximate surface area is 165 Å². The Bertz CT molecular complexity index is 756. The number of amides is 2. The molecule has 0 spiro atoms. The Hall–Kier alpha value is -2.70. The van der Waals surface area contributed by atoms with E-state index in [1.807, 2.05) is 6.92 Å². The molecule has 1 aliphatic carbocycles. The van der Waals surface area contributed by atoms with Crippen molar-refractivity contribution in [2.24, 2.45) is 5.92 Å². The van der Waals surface area contributed by atoms with Crippen LogP contribution in [0.4, 0.5) is 4.79 Å². The third-order valence-corrected chi connectivity index (χ3v) is 5.55. The molecule has 1 saturated carbocycles. The summed E-state index contributed by atoms with van der Waals surface area (Å²) in [5, 5.41) is 0. The Morgan fingerprint density at radius 3 is 2.18 bits per heavy atom.